The molecular weight excluding hydrogens is 374 g/mol. The van der Waals surface area contributed by atoms with Crippen LogP contribution in [0.15, 0.2) is 36.5 Å². The highest BCUT2D eigenvalue weighted by Gasteiger charge is 2.12. The Kier molecular flexibility index (Phi) is 6.79. The van der Waals surface area contributed by atoms with E-state index >= 15 is 0 Å². The molecule has 0 fully saturated rings. The molecule has 2 aromatic carbocycles. The number of carbonyl (C=O) groups is 1. The number of aryl methyl sites for hydroxylation is 2. The molecule has 0 N–H and O–H groups in total. The van der Waals surface area contributed by atoms with Crippen molar-refractivity contribution in [1.82, 2.24) is 0 Å². The van der Waals surface area contributed by atoms with Gasteiger partial charge >= 0.3 is 5.97 Å². The minimum Gasteiger partial charge on any atom is -0.493 e. The number of nitro groups is 1. The second-order valence-electron chi connectivity index (χ2n) is 5.65. The summed E-state index contributed by atoms with van der Waals surface area (Å²) >= 11 is 6.10. The molecule has 7 nitrogen and oxygen atoms in total. The van der Waals surface area contributed by atoms with Gasteiger partial charge in [0.15, 0.2) is 18.1 Å². The van der Waals surface area contributed by atoms with Gasteiger partial charge in [-0.3, -0.25) is 10.1 Å². The maximum Gasteiger partial charge on any atom is 0.349 e. The van der Waals surface area contributed by atoms with Gasteiger partial charge in [0, 0.05) is 11.1 Å². The molecule has 27 heavy (non-hydrogen) atoms. The minimum absolute atomic E-state index is 0.188. The molecule has 0 bridgehead atoms. The first-order chi connectivity index (χ1) is 12.8. The van der Waals surface area contributed by atoms with E-state index in [1.807, 2.05) is 13.8 Å². The summed E-state index contributed by atoms with van der Waals surface area (Å²) in [5, 5.41) is 11.0. The van der Waals surface area contributed by atoms with E-state index in [1.54, 1.807) is 18.2 Å². The molecule has 8 heteroatoms. The van der Waals surface area contributed by atoms with E-state index < -0.39 is 10.9 Å². The van der Waals surface area contributed by atoms with Crippen molar-refractivity contribution in [3.8, 4) is 17.2 Å². The fraction of sp³-hybridized carbons (Fsp3) is 0.211. The summed E-state index contributed by atoms with van der Waals surface area (Å²) in [6.07, 6.45) is 2.12. The van der Waals surface area contributed by atoms with Crippen molar-refractivity contribution >= 4 is 23.6 Å². The number of benzene rings is 2. The SMILES string of the molecule is COc1cc(/C=C/[N+](=O)[O-])ccc1OC(=O)COc1cc(C)c(Cl)c(C)c1. The zero-order valence-corrected chi connectivity index (χ0v) is 15.8. The molecule has 2 rings (SSSR count). The smallest absolute Gasteiger partial charge is 0.349 e. The average molecular weight is 392 g/mol. The van der Waals surface area contributed by atoms with Crippen LogP contribution in [0.25, 0.3) is 6.08 Å². The molecule has 0 unspecified atom stereocenters. The number of ether oxygens (including phenoxy) is 3. The van der Waals surface area contributed by atoms with Crippen LogP contribution in [-0.2, 0) is 4.79 Å². The van der Waals surface area contributed by atoms with Crippen LogP contribution in [0.2, 0.25) is 5.02 Å². The number of carbonyl (C=O) groups excluding carboxylic acids is 1. The summed E-state index contributed by atoms with van der Waals surface area (Å²) in [5.74, 6) is 0.352. The van der Waals surface area contributed by atoms with Gasteiger partial charge in [0.2, 0.25) is 6.20 Å². The van der Waals surface area contributed by atoms with E-state index in [-0.39, 0.29) is 18.1 Å². The van der Waals surface area contributed by atoms with Gasteiger partial charge in [0.25, 0.3) is 0 Å². The predicted molar refractivity (Wildman–Crippen MR) is 101 cm³/mol. The monoisotopic (exact) mass is 391 g/mol. The topological polar surface area (TPSA) is 87.9 Å². The molecular formula is C19H18ClNO6. The van der Waals surface area contributed by atoms with E-state index in [0.717, 1.165) is 17.3 Å². The van der Waals surface area contributed by atoms with Crippen LogP contribution in [0.5, 0.6) is 17.2 Å². The van der Waals surface area contributed by atoms with Gasteiger partial charge in [-0.25, -0.2) is 4.79 Å². The van der Waals surface area contributed by atoms with E-state index in [4.69, 9.17) is 25.8 Å². The van der Waals surface area contributed by atoms with Gasteiger partial charge in [-0.1, -0.05) is 17.7 Å². The van der Waals surface area contributed by atoms with Crippen LogP contribution < -0.4 is 14.2 Å². The van der Waals surface area contributed by atoms with E-state index in [0.29, 0.717) is 16.3 Å². The summed E-state index contributed by atoms with van der Waals surface area (Å²) in [4.78, 5) is 21.9. The largest absolute Gasteiger partial charge is 0.493 e. The highest BCUT2D eigenvalue weighted by atomic mass is 35.5. The Morgan fingerprint density at radius 2 is 1.85 bits per heavy atom. The number of hydrogen-bond donors (Lipinski definition) is 0. The quantitative estimate of drug-likeness (QED) is 0.304. The summed E-state index contributed by atoms with van der Waals surface area (Å²) in [6, 6.07) is 8.06. The van der Waals surface area contributed by atoms with Crippen molar-refractivity contribution in [2.75, 3.05) is 13.7 Å². The summed E-state index contributed by atoms with van der Waals surface area (Å²) in [6.45, 7) is 3.40. The summed E-state index contributed by atoms with van der Waals surface area (Å²) in [7, 11) is 1.41. The molecule has 0 amide bonds. The van der Waals surface area contributed by atoms with Crippen LogP contribution in [0.1, 0.15) is 16.7 Å². The first-order valence-electron chi connectivity index (χ1n) is 7.90. The van der Waals surface area contributed by atoms with Crippen LogP contribution in [0.4, 0.5) is 0 Å². The van der Waals surface area contributed by atoms with Gasteiger partial charge in [-0.15, -0.1) is 0 Å². The zero-order chi connectivity index (χ0) is 20.0. The van der Waals surface area contributed by atoms with Crippen LogP contribution in [0, 0.1) is 24.0 Å². The van der Waals surface area contributed by atoms with E-state index in [9.17, 15) is 14.9 Å². The Bertz CT molecular complexity index is 871. The van der Waals surface area contributed by atoms with Crippen molar-refractivity contribution in [2.24, 2.45) is 0 Å². The Morgan fingerprint density at radius 3 is 2.44 bits per heavy atom. The van der Waals surface area contributed by atoms with Crippen LogP contribution >= 0.6 is 11.6 Å². The number of rotatable bonds is 7. The van der Waals surface area contributed by atoms with Gasteiger partial charge in [-0.2, -0.15) is 0 Å². The third kappa shape index (κ3) is 5.72. The Labute approximate surface area is 161 Å². The molecule has 0 aliphatic heterocycles. The molecule has 142 valence electrons. The van der Waals surface area contributed by atoms with Gasteiger partial charge < -0.3 is 14.2 Å². The fourth-order valence-corrected chi connectivity index (χ4v) is 2.41. The predicted octanol–water partition coefficient (Wildman–Crippen LogP) is 4.20. The third-order valence-electron chi connectivity index (χ3n) is 3.57. The lowest BCUT2D eigenvalue weighted by atomic mass is 10.1. The maximum atomic E-state index is 12.1. The normalized spacial score (nSPS) is 10.7. The molecule has 0 heterocycles. The average Bonchev–Trinajstić information content (AvgIpc) is 2.63. The lowest BCUT2D eigenvalue weighted by Crippen LogP contribution is -2.18. The van der Waals surface area contributed by atoms with Crippen molar-refractivity contribution in [3.63, 3.8) is 0 Å². The fourth-order valence-electron chi connectivity index (χ4n) is 2.30. The molecule has 0 spiro atoms. The number of hydrogen-bond acceptors (Lipinski definition) is 6. The molecule has 0 aliphatic carbocycles. The number of halogens is 1. The van der Waals surface area contributed by atoms with Gasteiger partial charge in [0.05, 0.1) is 12.0 Å². The second-order valence-corrected chi connectivity index (χ2v) is 6.02. The second kappa shape index (κ2) is 9.05. The minimum atomic E-state index is -0.618. The lowest BCUT2D eigenvalue weighted by molar-refractivity contribution is -0.400. The zero-order valence-electron chi connectivity index (χ0n) is 15.0. The van der Waals surface area contributed by atoms with Crippen molar-refractivity contribution < 1.29 is 23.9 Å². The molecule has 0 saturated heterocycles. The highest BCUT2D eigenvalue weighted by Crippen LogP contribution is 2.29. The number of nitrogens with zero attached hydrogens (tertiary/aromatic N) is 1. The molecule has 0 radical (unpaired) electrons. The van der Waals surface area contributed by atoms with Crippen LogP contribution in [0.3, 0.4) is 0 Å². The van der Waals surface area contributed by atoms with E-state index in [1.165, 1.54) is 25.3 Å². The van der Waals surface area contributed by atoms with Gasteiger partial charge in [0.1, 0.15) is 5.75 Å². The molecule has 0 atom stereocenters. The standard InChI is InChI=1S/C19H18ClNO6/c1-12-8-15(9-13(2)19(12)20)26-11-18(22)27-16-5-4-14(6-7-21(23)24)10-17(16)25-3/h4-10H,11H2,1-3H3/b7-6+. The molecule has 0 aromatic heterocycles. The lowest BCUT2D eigenvalue weighted by Gasteiger charge is -2.12. The first-order valence-corrected chi connectivity index (χ1v) is 8.28. The van der Waals surface area contributed by atoms with Crippen molar-refractivity contribution in [1.29, 1.82) is 0 Å². The highest BCUT2D eigenvalue weighted by molar-refractivity contribution is 6.32. The van der Waals surface area contributed by atoms with Crippen LogP contribution in [-0.4, -0.2) is 24.6 Å². The summed E-state index contributed by atoms with van der Waals surface area (Å²) in [5.41, 5.74) is 2.23. The van der Waals surface area contributed by atoms with Gasteiger partial charge in [-0.05, 0) is 54.8 Å². The summed E-state index contributed by atoms with van der Waals surface area (Å²) < 4.78 is 15.9. The van der Waals surface area contributed by atoms with E-state index in [2.05, 4.69) is 0 Å². The molecule has 0 saturated carbocycles. The Balaban J connectivity index is 2.03. The van der Waals surface area contributed by atoms with Crippen molar-refractivity contribution in [2.45, 2.75) is 13.8 Å². The number of esters is 1. The molecule has 2 aromatic rings. The van der Waals surface area contributed by atoms with Crippen molar-refractivity contribution in [3.05, 3.63) is 68.4 Å². The Hall–Kier alpha value is -3.06. The molecule has 0 aliphatic rings. The third-order valence-corrected chi connectivity index (χ3v) is 4.16. The Morgan fingerprint density at radius 1 is 1.19 bits per heavy atom. The first kappa shape index (κ1) is 20.3. The maximum absolute atomic E-state index is 12.1. The number of methoxy groups -OCH3 is 1.